The average Bonchev–Trinajstić information content (AvgIpc) is 2.02. The number of nitrogens with zero attached hydrogens (tertiary/aromatic N) is 1. The monoisotopic (exact) mass is 219 g/mol. The van der Waals surface area contributed by atoms with Crippen molar-refractivity contribution in [3.8, 4) is 6.07 Å². The molecule has 1 aromatic rings. The molecular formula is C7H4F2NO3P. The maximum absolute atomic E-state index is 13.1. The Morgan fingerprint density at radius 2 is 1.93 bits per heavy atom. The van der Waals surface area contributed by atoms with Crippen LogP contribution in [0.1, 0.15) is 5.56 Å². The third-order valence-electron chi connectivity index (χ3n) is 1.50. The van der Waals surface area contributed by atoms with E-state index < -0.39 is 30.1 Å². The van der Waals surface area contributed by atoms with E-state index >= 15 is 0 Å². The Hall–Kier alpha value is -1.28. The van der Waals surface area contributed by atoms with Crippen LogP contribution in [0.4, 0.5) is 8.78 Å². The summed E-state index contributed by atoms with van der Waals surface area (Å²) in [4.78, 5) is 17.2. The fraction of sp³-hybridized carbons (Fsp3) is 0. The molecule has 0 radical (unpaired) electrons. The normalized spacial score (nSPS) is 11.1. The van der Waals surface area contributed by atoms with Gasteiger partial charge in [-0.25, -0.2) is 8.78 Å². The molecular weight excluding hydrogens is 215 g/mol. The molecule has 0 amide bonds. The fourth-order valence-electron chi connectivity index (χ4n) is 0.869. The standard InChI is InChI=1S/C7H4F2NO3P/c8-5-1-2-6(14(11,12)13)7(9)4(5)3-10/h1-2H,(H2,11,12,13). The van der Waals surface area contributed by atoms with E-state index in [1.54, 1.807) is 0 Å². The molecule has 0 saturated carbocycles. The van der Waals surface area contributed by atoms with Gasteiger partial charge in [0.05, 0.1) is 0 Å². The van der Waals surface area contributed by atoms with Crippen molar-refractivity contribution in [2.75, 3.05) is 0 Å². The summed E-state index contributed by atoms with van der Waals surface area (Å²) in [6.07, 6.45) is 0. The van der Waals surface area contributed by atoms with Gasteiger partial charge in [-0.05, 0) is 12.1 Å². The van der Waals surface area contributed by atoms with Gasteiger partial charge >= 0.3 is 7.60 Å². The fourth-order valence-corrected chi connectivity index (χ4v) is 1.51. The van der Waals surface area contributed by atoms with Crippen LogP contribution in [0.3, 0.4) is 0 Å². The molecule has 4 nitrogen and oxygen atoms in total. The summed E-state index contributed by atoms with van der Waals surface area (Å²) in [5.41, 5.74) is -0.995. The van der Waals surface area contributed by atoms with E-state index in [9.17, 15) is 13.3 Å². The third kappa shape index (κ3) is 1.80. The van der Waals surface area contributed by atoms with Crippen molar-refractivity contribution >= 4 is 12.9 Å². The maximum atomic E-state index is 13.1. The number of hydrogen-bond donors (Lipinski definition) is 2. The molecule has 0 aliphatic carbocycles. The Morgan fingerprint density at radius 3 is 2.36 bits per heavy atom. The van der Waals surface area contributed by atoms with Gasteiger partial charge in [0.25, 0.3) is 0 Å². The summed E-state index contributed by atoms with van der Waals surface area (Å²) < 4.78 is 36.4. The lowest BCUT2D eigenvalue weighted by Crippen LogP contribution is -2.12. The minimum absolute atomic E-state index is 0.617. The Labute approximate surface area is 77.6 Å². The zero-order chi connectivity index (χ0) is 10.9. The highest BCUT2D eigenvalue weighted by Gasteiger charge is 2.25. The second-order valence-corrected chi connectivity index (χ2v) is 3.98. The van der Waals surface area contributed by atoms with E-state index in [0.717, 1.165) is 0 Å². The van der Waals surface area contributed by atoms with Crippen LogP contribution in [0.5, 0.6) is 0 Å². The topological polar surface area (TPSA) is 81.3 Å². The Kier molecular flexibility index (Phi) is 2.67. The molecule has 0 atom stereocenters. The van der Waals surface area contributed by atoms with Gasteiger partial charge in [-0.3, -0.25) is 4.57 Å². The Morgan fingerprint density at radius 1 is 1.36 bits per heavy atom. The van der Waals surface area contributed by atoms with Gasteiger partial charge in [-0.1, -0.05) is 0 Å². The number of nitriles is 1. The molecule has 1 aromatic carbocycles. The first kappa shape index (κ1) is 10.8. The second kappa shape index (κ2) is 3.46. The number of halogens is 2. The van der Waals surface area contributed by atoms with E-state index in [1.807, 2.05) is 0 Å². The van der Waals surface area contributed by atoms with Crippen LogP contribution in [0.25, 0.3) is 0 Å². The van der Waals surface area contributed by atoms with Gasteiger partial charge in [0.1, 0.15) is 22.8 Å². The minimum atomic E-state index is -4.81. The predicted octanol–water partition coefficient (Wildman–Crippen LogP) is 0.639. The van der Waals surface area contributed by atoms with Crippen LogP contribution in [0.15, 0.2) is 12.1 Å². The first-order valence-corrected chi connectivity index (χ1v) is 4.93. The molecule has 0 bridgehead atoms. The molecule has 1 rings (SSSR count). The van der Waals surface area contributed by atoms with Crippen molar-refractivity contribution in [3.63, 3.8) is 0 Å². The third-order valence-corrected chi connectivity index (χ3v) is 2.47. The van der Waals surface area contributed by atoms with Crippen LogP contribution < -0.4 is 5.30 Å². The molecule has 0 unspecified atom stereocenters. The molecule has 0 aliphatic rings. The van der Waals surface area contributed by atoms with Crippen LogP contribution in [0, 0.1) is 23.0 Å². The summed E-state index contributed by atoms with van der Waals surface area (Å²) in [5.74, 6) is -2.66. The number of benzene rings is 1. The summed E-state index contributed by atoms with van der Waals surface area (Å²) in [7, 11) is -4.81. The molecule has 0 aliphatic heterocycles. The molecule has 2 N–H and O–H groups in total. The lowest BCUT2D eigenvalue weighted by molar-refractivity contribution is 0.385. The molecule has 0 fully saturated rings. The first-order valence-electron chi connectivity index (χ1n) is 3.32. The molecule has 0 aromatic heterocycles. The molecule has 0 spiro atoms. The second-order valence-electron chi connectivity index (χ2n) is 2.41. The molecule has 7 heteroatoms. The zero-order valence-electron chi connectivity index (χ0n) is 6.61. The van der Waals surface area contributed by atoms with Crippen LogP contribution in [-0.2, 0) is 4.57 Å². The van der Waals surface area contributed by atoms with Crippen LogP contribution in [-0.4, -0.2) is 9.79 Å². The van der Waals surface area contributed by atoms with Crippen molar-refractivity contribution in [1.29, 1.82) is 5.26 Å². The Bertz CT molecular complexity index is 463. The van der Waals surface area contributed by atoms with Crippen molar-refractivity contribution in [2.24, 2.45) is 0 Å². The molecule has 0 heterocycles. The van der Waals surface area contributed by atoms with E-state index in [1.165, 1.54) is 6.07 Å². The van der Waals surface area contributed by atoms with Gasteiger partial charge in [0, 0.05) is 0 Å². The van der Waals surface area contributed by atoms with E-state index in [4.69, 9.17) is 15.0 Å². The lowest BCUT2D eigenvalue weighted by Gasteiger charge is -2.06. The van der Waals surface area contributed by atoms with Gasteiger partial charge in [0.2, 0.25) is 0 Å². The van der Waals surface area contributed by atoms with Gasteiger partial charge in [0.15, 0.2) is 5.82 Å². The SMILES string of the molecule is N#Cc1c(F)ccc(P(=O)(O)O)c1F. The zero-order valence-corrected chi connectivity index (χ0v) is 7.50. The highest BCUT2D eigenvalue weighted by molar-refractivity contribution is 7.60. The molecule has 74 valence electrons. The lowest BCUT2D eigenvalue weighted by atomic mass is 10.2. The largest absolute Gasteiger partial charge is 0.359 e. The number of hydrogen-bond acceptors (Lipinski definition) is 2. The highest BCUT2D eigenvalue weighted by Crippen LogP contribution is 2.35. The summed E-state index contributed by atoms with van der Waals surface area (Å²) >= 11 is 0. The van der Waals surface area contributed by atoms with E-state index in [2.05, 4.69) is 0 Å². The molecule has 0 saturated heterocycles. The quantitative estimate of drug-likeness (QED) is 0.679. The van der Waals surface area contributed by atoms with E-state index in [-0.39, 0.29) is 0 Å². The summed E-state index contributed by atoms with van der Waals surface area (Å²) in [6, 6.07) is 2.44. The van der Waals surface area contributed by atoms with Gasteiger partial charge in [-0.2, -0.15) is 5.26 Å². The van der Waals surface area contributed by atoms with Crippen LogP contribution >= 0.6 is 7.60 Å². The van der Waals surface area contributed by atoms with Crippen molar-refractivity contribution in [3.05, 3.63) is 29.3 Å². The Balaban J connectivity index is 3.54. The maximum Gasteiger partial charge on any atom is 0.359 e. The highest BCUT2D eigenvalue weighted by atomic mass is 31.2. The van der Waals surface area contributed by atoms with Crippen molar-refractivity contribution < 1.29 is 23.1 Å². The number of rotatable bonds is 1. The minimum Gasteiger partial charge on any atom is -0.321 e. The van der Waals surface area contributed by atoms with Gasteiger partial charge < -0.3 is 9.79 Å². The average molecular weight is 219 g/mol. The summed E-state index contributed by atoms with van der Waals surface area (Å²) in [5, 5.41) is 7.33. The van der Waals surface area contributed by atoms with Crippen molar-refractivity contribution in [2.45, 2.75) is 0 Å². The van der Waals surface area contributed by atoms with Gasteiger partial charge in [-0.15, -0.1) is 0 Å². The predicted molar refractivity (Wildman–Crippen MR) is 42.8 cm³/mol. The van der Waals surface area contributed by atoms with E-state index in [0.29, 0.717) is 12.1 Å². The first-order chi connectivity index (χ1) is 6.38. The smallest absolute Gasteiger partial charge is 0.321 e. The van der Waals surface area contributed by atoms with Crippen LogP contribution in [0.2, 0.25) is 0 Å². The molecule has 14 heavy (non-hydrogen) atoms. The summed E-state index contributed by atoms with van der Waals surface area (Å²) in [6.45, 7) is 0. The van der Waals surface area contributed by atoms with Crippen molar-refractivity contribution in [1.82, 2.24) is 0 Å².